The fourth-order valence-electron chi connectivity index (χ4n) is 2.40. The molecular weight excluding hydrogens is 328 g/mol. The van der Waals surface area contributed by atoms with Crippen molar-refractivity contribution in [1.82, 2.24) is 10.3 Å². The number of halogens is 1. The van der Waals surface area contributed by atoms with Gasteiger partial charge in [-0.25, -0.2) is 0 Å². The summed E-state index contributed by atoms with van der Waals surface area (Å²) >= 11 is 3.37. The van der Waals surface area contributed by atoms with E-state index in [-0.39, 0.29) is 6.04 Å². The zero-order valence-corrected chi connectivity index (χ0v) is 13.4. The van der Waals surface area contributed by atoms with Crippen molar-refractivity contribution in [3.8, 4) is 0 Å². The van der Waals surface area contributed by atoms with E-state index >= 15 is 0 Å². The molecule has 1 unspecified atom stereocenters. The lowest BCUT2D eigenvalue weighted by molar-refractivity contribution is 0.432. The normalized spacial score (nSPS) is 12.7. The van der Waals surface area contributed by atoms with Gasteiger partial charge < -0.3 is 9.73 Å². The van der Waals surface area contributed by atoms with E-state index in [0.29, 0.717) is 0 Å². The van der Waals surface area contributed by atoms with E-state index in [0.717, 1.165) is 39.9 Å². The topological polar surface area (TPSA) is 38.1 Å². The number of nitrogens with zero attached hydrogens (tertiary/aromatic N) is 1. The van der Waals surface area contributed by atoms with Crippen LogP contribution in [0.5, 0.6) is 0 Å². The fourth-order valence-corrected chi connectivity index (χ4v) is 2.72. The minimum absolute atomic E-state index is 0.0216. The molecule has 0 saturated heterocycles. The number of hydrogen-bond donors (Lipinski definition) is 1. The maximum Gasteiger partial charge on any atom is 0.169 e. The summed E-state index contributed by atoms with van der Waals surface area (Å²) in [4.78, 5) is 4.55. The zero-order chi connectivity index (χ0) is 14.7. The molecule has 3 nitrogen and oxygen atoms in total. The van der Waals surface area contributed by atoms with Crippen LogP contribution in [0.2, 0.25) is 0 Å². The predicted octanol–water partition coefficient (Wildman–Crippen LogP) is 4.68. The van der Waals surface area contributed by atoms with Crippen LogP contribution in [0.1, 0.15) is 30.7 Å². The van der Waals surface area contributed by atoms with Gasteiger partial charge in [0, 0.05) is 11.6 Å². The molecule has 0 spiro atoms. The minimum atomic E-state index is 0.0216. The molecule has 2 aromatic heterocycles. The third kappa shape index (κ3) is 3.17. The second kappa shape index (κ2) is 6.41. The molecule has 0 aliphatic rings. The second-order valence-electron chi connectivity index (χ2n) is 4.99. The first kappa shape index (κ1) is 14.3. The molecule has 108 valence electrons. The number of rotatable bonds is 5. The molecule has 3 rings (SSSR count). The van der Waals surface area contributed by atoms with Crippen molar-refractivity contribution in [1.29, 1.82) is 0 Å². The number of pyridine rings is 1. The smallest absolute Gasteiger partial charge is 0.169 e. The van der Waals surface area contributed by atoms with Gasteiger partial charge in [-0.2, -0.15) is 0 Å². The summed E-state index contributed by atoms with van der Waals surface area (Å²) in [5, 5.41) is 4.67. The van der Waals surface area contributed by atoms with E-state index in [9.17, 15) is 0 Å². The van der Waals surface area contributed by atoms with Gasteiger partial charge in [0.1, 0.15) is 5.76 Å². The van der Waals surface area contributed by atoms with Crippen LogP contribution < -0.4 is 5.32 Å². The molecule has 4 heteroatoms. The molecule has 1 N–H and O–H groups in total. The largest absolute Gasteiger partial charge is 0.452 e. The predicted molar refractivity (Wildman–Crippen MR) is 88.3 cm³/mol. The number of benzene rings is 1. The number of fused-ring (bicyclic) bond motifs is 1. The summed E-state index contributed by atoms with van der Waals surface area (Å²) in [6.45, 7) is 3.08. The molecule has 3 aromatic rings. The van der Waals surface area contributed by atoms with Crippen molar-refractivity contribution in [2.24, 2.45) is 0 Å². The van der Waals surface area contributed by atoms with Crippen LogP contribution in [0.25, 0.3) is 10.9 Å². The molecule has 2 heterocycles. The summed E-state index contributed by atoms with van der Waals surface area (Å²) in [5.74, 6) is 0.896. The molecule has 0 amide bonds. The van der Waals surface area contributed by atoms with Gasteiger partial charge in [-0.1, -0.05) is 25.1 Å². The third-order valence-corrected chi connectivity index (χ3v) is 3.85. The molecule has 0 saturated carbocycles. The summed E-state index contributed by atoms with van der Waals surface area (Å²) in [5.41, 5.74) is 2.13. The fraction of sp³-hybridized carbons (Fsp3) is 0.235. The second-order valence-corrected chi connectivity index (χ2v) is 5.77. The van der Waals surface area contributed by atoms with Gasteiger partial charge in [0.25, 0.3) is 0 Å². The highest BCUT2D eigenvalue weighted by atomic mass is 79.9. The van der Waals surface area contributed by atoms with Crippen LogP contribution in [0.15, 0.2) is 57.7 Å². The molecule has 0 radical (unpaired) electrons. The molecule has 21 heavy (non-hydrogen) atoms. The highest BCUT2D eigenvalue weighted by Crippen LogP contribution is 2.27. The highest BCUT2D eigenvalue weighted by Gasteiger charge is 2.17. The summed E-state index contributed by atoms with van der Waals surface area (Å²) in [6, 6.07) is 14.3. The number of furan rings is 1. The number of hydrogen-bond acceptors (Lipinski definition) is 3. The van der Waals surface area contributed by atoms with Crippen molar-refractivity contribution in [3.05, 3.63) is 64.7 Å². The Labute approximate surface area is 132 Å². The van der Waals surface area contributed by atoms with Crippen LogP contribution in [-0.2, 0) is 0 Å². The van der Waals surface area contributed by atoms with Gasteiger partial charge in [-0.15, -0.1) is 0 Å². The Kier molecular flexibility index (Phi) is 4.36. The summed E-state index contributed by atoms with van der Waals surface area (Å²) < 4.78 is 6.48. The molecular formula is C17H17BrN2O. The monoisotopic (exact) mass is 344 g/mol. The van der Waals surface area contributed by atoms with Gasteiger partial charge in [0.15, 0.2) is 4.67 Å². The number of para-hydroxylation sites is 1. The Bertz CT molecular complexity index is 738. The summed E-state index contributed by atoms with van der Waals surface area (Å²) in [7, 11) is 0. The molecule has 1 atom stereocenters. The van der Waals surface area contributed by atoms with Gasteiger partial charge in [0.2, 0.25) is 0 Å². The van der Waals surface area contributed by atoms with Gasteiger partial charge in [-0.3, -0.25) is 4.98 Å². The Balaban J connectivity index is 2.00. The van der Waals surface area contributed by atoms with E-state index in [4.69, 9.17) is 4.42 Å². The molecule has 0 aliphatic carbocycles. The van der Waals surface area contributed by atoms with E-state index in [1.807, 2.05) is 36.5 Å². The van der Waals surface area contributed by atoms with Gasteiger partial charge in [0.05, 0.1) is 11.6 Å². The quantitative estimate of drug-likeness (QED) is 0.730. The Hall–Kier alpha value is -1.65. The molecule has 1 aromatic carbocycles. The van der Waals surface area contributed by atoms with Crippen LogP contribution in [-0.4, -0.2) is 11.5 Å². The van der Waals surface area contributed by atoms with Gasteiger partial charge in [-0.05, 0) is 58.7 Å². The van der Waals surface area contributed by atoms with E-state index in [2.05, 4.69) is 45.3 Å². The first-order valence-corrected chi connectivity index (χ1v) is 7.90. The van der Waals surface area contributed by atoms with Crippen molar-refractivity contribution in [2.45, 2.75) is 19.4 Å². The van der Waals surface area contributed by atoms with Crippen LogP contribution in [0.3, 0.4) is 0 Å². The minimum Gasteiger partial charge on any atom is -0.452 e. The number of nitrogens with one attached hydrogen (secondary N) is 1. The first-order chi connectivity index (χ1) is 10.3. The molecule has 0 bridgehead atoms. The van der Waals surface area contributed by atoms with E-state index in [1.54, 1.807) is 0 Å². The van der Waals surface area contributed by atoms with Crippen LogP contribution >= 0.6 is 15.9 Å². The maximum atomic E-state index is 5.74. The average molecular weight is 345 g/mol. The zero-order valence-electron chi connectivity index (χ0n) is 11.8. The lowest BCUT2D eigenvalue weighted by Gasteiger charge is -2.17. The highest BCUT2D eigenvalue weighted by molar-refractivity contribution is 9.10. The first-order valence-electron chi connectivity index (χ1n) is 7.11. The van der Waals surface area contributed by atoms with Crippen molar-refractivity contribution >= 4 is 26.8 Å². The maximum absolute atomic E-state index is 5.74. The lowest BCUT2D eigenvalue weighted by Crippen LogP contribution is -2.22. The molecule has 0 aliphatic heterocycles. The average Bonchev–Trinajstić information content (AvgIpc) is 2.94. The van der Waals surface area contributed by atoms with Crippen molar-refractivity contribution < 1.29 is 4.42 Å². The Morgan fingerprint density at radius 3 is 2.86 bits per heavy atom. The van der Waals surface area contributed by atoms with Crippen molar-refractivity contribution in [2.75, 3.05) is 6.54 Å². The van der Waals surface area contributed by atoms with Crippen molar-refractivity contribution in [3.63, 3.8) is 0 Å². The Morgan fingerprint density at radius 1 is 1.24 bits per heavy atom. The standard InChI is InChI=1S/C17H17BrN2O/c1-2-9-19-17(15-7-8-16(18)21-15)13-10-12-5-3-4-6-14(12)20-11-13/h3-8,10-11,17,19H,2,9H2,1H3. The van der Waals surface area contributed by atoms with E-state index < -0.39 is 0 Å². The van der Waals surface area contributed by atoms with E-state index in [1.165, 1.54) is 0 Å². The van der Waals surface area contributed by atoms with Crippen LogP contribution in [0.4, 0.5) is 0 Å². The Morgan fingerprint density at radius 2 is 2.10 bits per heavy atom. The third-order valence-electron chi connectivity index (χ3n) is 3.42. The lowest BCUT2D eigenvalue weighted by atomic mass is 10.0. The SMILES string of the molecule is CCCNC(c1cnc2ccccc2c1)c1ccc(Br)o1. The van der Waals surface area contributed by atoms with Crippen LogP contribution in [0, 0.1) is 0 Å². The summed E-state index contributed by atoms with van der Waals surface area (Å²) in [6.07, 6.45) is 2.99. The number of aromatic nitrogens is 1. The molecule has 0 fully saturated rings. The van der Waals surface area contributed by atoms with Gasteiger partial charge >= 0.3 is 0 Å².